The smallest absolute Gasteiger partial charge is 0.254 e. The molecule has 34 heavy (non-hydrogen) atoms. The molecular weight excluding hydrogens is 431 g/mol. The fraction of sp³-hybridized carbons (Fsp3) is 0.357. The highest BCUT2D eigenvalue weighted by Gasteiger charge is 2.31. The standard InChI is InChI=1S/C28H27FN2O3/c29-27-13-19(16-30)5-6-23(27)18-34-24-8-7-20-9-11-31(28(32)26(20)15-24)17-22-4-2-1-3-21(22)14-25-10-12-33-25/h1-8,13,15,21-22,25H,9-12,14,17-18H2/t21-,22?,25?/m1/s1. The predicted octanol–water partition coefficient (Wildman–Crippen LogP) is 4.81. The predicted molar refractivity (Wildman–Crippen MR) is 126 cm³/mol. The van der Waals surface area contributed by atoms with Gasteiger partial charge in [0.25, 0.3) is 5.91 Å². The van der Waals surface area contributed by atoms with E-state index < -0.39 is 5.82 Å². The van der Waals surface area contributed by atoms with Gasteiger partial charge in [-0.3, -0.25) is 4.79 Å². The van der Waals surface area contributed by atoms with Crippen molar-refractivity contribution >= 4 is 5.91 Å². The van der Waals surface area contributed by atoms with Gasteiger partial charge < -0.3 is 14.4 Å². The number of benzene rings is 2. The molecule has 5 nitrogen and oxygen atoms in total. The van der Waals surface area contributed by atoms with Crippen LogP contribution in [0.3, 0.4) is 0 Å². The minimum absolute atomic E-state index is 0.0119. The van der Waals surface area contributed by atoms with Gasteiger partial charge in [0.05, 0.1) is 17.7 Å². The van der Waals surface area contributed by atoms with Gasteiger partial charge in [-0.2, -0.15) is 5.26 Å². The van der Waals surface area contributed by atoms with Gasteiger partial charge in [-0.1, -0.05) is 36.4 Å². The summed E-state index contributed by atoms with van der Waals surface area (Å²) < 4.78 is 25.6. The van der Waals surface area contributed by atoms with Crippen molar-refractivity contribution in [2.24, 2.45) is 11.8 Å². The van der Waals surface area contributed by atoms with Gasteiger partial charge >= 0.3 is 0 Å². The number of carbonyl (C=O) groups excluding carboxylic acids is 1. The van der Waals surface area contributed by atoms with Gasteiger partial charge in [0.2, 0.25) is 0 Å². The van der Waals surface area contributed by atoms with Gasteiger partial charge in [-0.25, -0.2) is 4.39 Å². The number of ether oxygens (including phenoxy) is 2. The molecule has 0 spiro atoms. The lowest BCUT2D eigenvalue weighted by molar-refractivity contribution is -0.0626. The number of nitrogens with zero attached hydrogens (tertiary/aromatic N) is 2. The van der Waals surface area contributed by atoms with Crippen LogP contribution in [-0.4, -0.2) is 36.6 Å². The van der Waals surface area contributed by atoms with Crippen LogP contribution in [0.5, 0.6) is 5.75 Å². The molecular formula is C28H27FN2O3. The number of nitriles is 1. The van der Waals surface area contributed by atoms with Crippen LogP contribution in [0, 0.1) is 29.0 Å². The van der Waals surface area contributed by atoms with Crippen molar-refractivity contribution in [1.82, 2.24) is 4.90 Å². The first-order valence-electron chi connectivity index (χ1n) is 11.8. The molecule has 2 aromatic carbocycles. The Labute approximate surface area is 199 Å². The number of halogens is 1. The Morgan fingerprint density at radius 1 is 1.15 bits per heavy atom. The molecule has 0 radical (unpaired) electrons. The zero-order chi connectivity index (χ0) is 23.5. The van der Waals surface area contributed by atoms with E-state index in [4.69, 9.17) is 14.7 Å². The molecule has 6 heteroatoms. The Morgan fingerprint density at radius 2 is 1.97 bits per heavy atom. The minimum Gasteiger partial charge on any atom is -0.489 e. The molecule has 2 aliphatic heterocycles. The van der Waals surface area contributed by atoms with Crippen LogP contribution in [-0.2, 0) is 17.8 Å². The van der Waals surface area contributed by atoms with E-state index >= 15 is 0 Å². The molecule has 174 valence electrons. The van der Waals surface area contributed by atoms with Crippen LogP contribution < -0.4 is 4.74 Å². The first-order valence-corrected chi connectivity index (χ1v) is 11.8. The van der Waals surface area contributed by atoms with Crippen molar-refractivity contribution in [2.75, 3.05) is 19.7 Å². The highest BCUT2D eigenvalue weighted by Crippen LogP contribution is 2.31. The second-order valence-corrected chi connectivity index (χ2v) is 9.14. The van der Waals surface area contributed by atoms with Crippen LogP contribution in [0.15, 0.2) is 60.7 Å². The summed E-state index contributed by atoms with van der Waals surface area (Å²) in [4.78, 5) is 15.3. The summed E-state index contributed by atoms with van der Waals surface area (Å²) in [5.74, 6) is 0.715. The molecule has 2 heterocycles. The maximum Gasteiger partial charge on any atom is 0.254 e. The number of carbonyl (C=O) groups is 1. The van der Waals surface area contributed by atoms with Crippen LogP contribution in [0.2, 0.25) is 0 Å². The number of allylic oxidation sites excluding steroid dienone is 3. The molecule has 5 rings (SSSR count). The van der Waals surface area contributed by atoms with E-state index in [0.717, 1.165) is 31.4 Å². The van der Waals surface area contributed by atoms with E-state index in [0.29, 0.717) is 42.0 Å². The molecule has 0 bridgehead atoms. The Balaban J connectivity index is 1.25. The van der Waals surface area contributed by atoms with Crippen molar-refractivity contribution in [1.29, 1.82) is 5.26 Å². The third kappa shape index (κ3) is 4.76. The van der Waals surface area contributed by atoms with Gasteiger partial charge in [0.1, 0.15) is 18.2 Å². The van der Waals surface area contributed by atoms with E-state index in [9.17, 15) is 9.18 Å². The molecule has 0 N–H and O–H groups in total. The molecule has 2 unspecified atom stereocenters. The Hall–Kier alpha value is -3.43. The lowest BCUT2D eigenvalue weighted by atomic mass is 9.82. The average molecular weight is 459 g/mol. The van der Waals surface area contributed by atoms with Crippen molar-refractivity contribution in [3.8, 4) is 11.8 Å². The molecule has 0 aromatic heterocycles. The van der Waals surface area contributed by atoms with Gasteiger partial charge in [-0.05, 0) is 55.0 Å². The number of amides is 1. The molecule has 1 aliphatic carbocycles. The second-order valence-electron chi connectivity index (χ2n) is 9.14. The van der Waals surface area contributed by atoms with Crippen LogP contribution in [0.1, 0.15) is 39.9 Å². The number of fused-ring (bicyclic) bond motifs is 1. The summed E-state index contributed by atoms with van der Waals surface area (Å²) in [7, 11) is 0. The summed E-state index contributed by atoms with van der Waals surface area (Å²) in [6, 6.07) is 11.8. The number of rotatable bonds is 7. The lowest BCUT2D eigenvalue weighted by Crippen LogP contribution is -2.42. The number of hydrogen-bond donors (Lipinski definition) is 0. The number of hydrogen-bond acceptors (Lipinski definition) is 4. The molecule has 3 aliphatic rings. The lowest BCUT2D eigenvalue weighted by Gasteiger charge is -2.36. The fourth-order valence-electron chi connectivity index (χ4n) is 4.84. The average Bonchev–Trinajstić information content (AvgIpc) is 2.83. The van der Waals surface area contributed by atoms with Gasteiger partial charge in [-0.15, -0.1) is 0 Å². The summed E-state index contributed by atoms with van der Waals surface area (Å²) >= 11 is 0. The molecule has 1 amide bonds. The van der Waals surface area contributed by atoms with Crippen LogP contribution in [0.4, 0.5) is 4.39 Å². The Bertz CT molecular complexity index is 1180. The largest absolute Gasteiger partial charge is 0.489 e. The third-order valence-corrected chi connectivity index (χ3v) is 6.96. The highest BCUT2D eigenvalue weighted by molar-refractivity contribution is 5.97. The summed E-state index contributed by atoms with van der Waals surface area (Å²) in [5.41, 5.74) is 2.30. The van der Waals surface area contributed by atoms with Gasteiger partial charge in [0.15, 0.2) is 0 Å². The normalized spacial score (nSPS) is 23.2. The van der Waals surface area contributed by atoms with Crippen molar-refractivity contribution in [3.05, 3.63) is 88.8 Å². The third-order valence-electron chi connectivity index (χ3n) is 6.96. The first-order chi connectivity index (χ1) is 16.6. The monoisotopic (exact) mass is 458 g/mol. The maximum absolute atomic E-state index is 14.2. The van der Waals surface area contributed by atoms with E-state index in [1.807, 2.05) is 23.1 Å². The first kappa shape index (κ1) is 22.4. The molecule has 1 fully saturated rings. The summed E-state index contributed by atoms with van der Waals surface area (Å²) in [6.07, 6.45) is 11.9. The summed E-state index contributed by atoms with van der Waals surface area (Å²) in [5, 5.41) is 8.89. The van der Waals surface area contributed by atoms with E-state index in [2.05, 4.69) is 24.3 Å². The van der Waals surface area contributed by atoms with E-state index in [1.54, 1.807) is 18.2 Å². The Kier molecular flexibility index (Phi) is 6.46. The quantitative estimate of drug-likeness (QED) is 0.597. The molecule has 2 aromatic rings. The molecule has 1 saturated heterocycles. The van der Waals surface area contributed by atoms with Gasteiger partial charge in [0, 0.05) is 36.7 Å². The fourth-order valence-corrected chi connectivity index (χ4v) is 4.84. The topological polar surface area (TPSA) is 62.6 Å². The SMILES string of the molecule is N#Cc1ccc(COc2ccc3c(c2)C(=O)N(CC2C=CC=C[C@@H]2CC2CCO2)CC3)c(F)c1. The second kappa shape index (κ2) is 9.82. The summed E-state index contributed by atoms with van der Waals surface area (Å²) in [6.45, 7) is 2.25. The molecule has 0 saturated carbocycles. The van der Waals surface area contributed by atoms with Crippen molar-refractivity contribution in [3.63, 3.8) is 0 Å². The zero-order valence-corrected chi connectivity index (χ0v) is 19.0. The highest BCUT2D eigenvalue weighted by atomic mass is 19.1. The van der Waals surface area contributed by atoms with Crippen LogP contribution in [0.25, 0.3) is 0 Å². The zero-order valence-electron chi connectivity index (χ0n) is 19.0. The minimum atomic E-state index is -0.476. The van der Waals surface area contributed by atoms with E-state index in [-0.39, 0.29) is 24.0 Å². The van der Waals surface area contributed by atoms with E-state index in [1.165, 1.54) is 6.07 Å². The maximum atomic E-state index is 14.2. The van der Waals surface area contributed by atoms with Crippen LogP contribution >= 0.6 is 0 Å². The molecule has 3 atom stereocenters. The van der Waals surface area contributed by atoms with Crippen molar-refractivity contribution < 1.29 is 18.7 Å². The Morgan fingerprint density at radius 3 is 2.71 bits per heavy atom. The van der Waals surface area contributed by atoms with Crippen molar-refractivity contribution in [2.45, 2.75) is 32.0 Å².